The second kappa shape index (κ2) is 6.40. The Morgan fingerprint density at radius 3 is 3.05 bits per heavy atom. The molecule has 1 unspecified atom stereocenters. The van der Waals surface area contributed by atoms with Crippen molar-refractivity contribution in [2.45, 2.75) is 19.1 Å². The van der Waals surface area contributed by atoms with E-state index in [0.29, 0.717) is 13.1 Å². The smallest absolute Gasteiger partial charge is 0.308 e. The molecule has 1 aliphatic rings. The molecule has 2 rings (SSSR count). The first kappa shape index (κ1) is 13.6. The minimum atomic E-state index is -0.749. The predicted molar refractivity (Wildman–Crippen MR) is 66.9 cm³/mol. The van der Waals surface area contributed by atoms with Crippen LogP contribution >= 0.6 is 0 Å². The van der Waals surface area contributed by atoms with Crippen molar-refractivity contribution in [3.05, 3.63) is 23.8 Å². The zero-order chi connectivity index (χ0) is 13.7. The highest BCUT2D eigenvalue weighted by Gasteiger charge is 2.13. The number of methoxy groups -OCH3 is 1. The van der Waals surface area contributed by atoms with Crippen LogP contribution in [0.3, 0.4) is 0 Å². The van der Waals surface area contributed by atoms with Gasteiger partial charge in [0.05, 0.1) is 19.6 Å². The average molecular weight is 267 g/mol. The molecule has 1 aromatic rings. The van der Waals surface area contributed by atoms with Crippen LogP contribution < -0.4 is 14.8 Å². The lowest BCUT2D eigenvalue weighted by atomic mass is 10.2. The van der Waals surface area contributed by atoms with Crippen molar-refractivity contribution in [1.82, 2.24) is 5.32 Å². The Kier molecular flexibility index (Phi) is 4.59. The number of nitrogens with one attached hydrogen (secondary N) is 1. The van der Waals surface area contributed by atoms with Gasteiger partial charge in [0.25, 0.3) is 0 Å². The van der Waals surface area contributed by atoms with Crippen molar-refractivity contribution in [1.29, 1.82) is 0 Å². The number of fused-ring (bicyclic) bond motifs is 1. The third kappa shape index (κ3) is 3.84. The van der Waals surface area contributed by atoms with Gasteiger partial charge >= 0.3 is 5.97 Å². The van der Waals surface area contributed by atoms with Crippen molar-refractivity contribution in [2.24, 2.45) is 0 Å². The first-order valence-corrected chi connectivity index (χ1v) is 6.03. The molecule has 6 nitrogen and oxygen atoms in total. The minimum absolute atomic E-state index is 0.00929. The molecule has 0 amide bonds. The maximum Gasteiger partial charge on any atom is 0.308 e. The zero-order valence-corrected chi connectivity index (χ0v) is 10.7. The number of esters is 1. The van der Waals surface area contributed by atoms with E-state index in [1.165, 1.54) is 7.11 Å². The Balaban J connectivity index is 1.75. The Morgan fingerprint density at radius 1 is 1.47 bits per heavy atom. The van der Waals surface area contributed by atoms with Gasteiger partial charge in [-0.3, -0.25) is 4.79 Å². The van der Waals surface area contributed by atoms with Crippen LogP contribution in [0.5, 0.6) is 11.5 Å². The van der Waals surface area contributed by atoms with Gasteiger partial charge in [0.1, 0.15) is 0 Å². The molecule has 0 spiro atoms. The van der Waals surface area contributed by atoms with Crippen LogP contribution in [0.25, 0.3) is 0 Å². The summed E-state index contributed by atoms with van der Waals surface area (Å²) in [7, 11) is 1.30. The molecule has 0 aromatic heterocycles. The molecular weight excluding hydrogens is 250 g/mol. The Bertz CT molecular complexity index is 449. The molecule has 0 saturated carbocycles. The number of carbonyl (C=O) groups is 1. The summed E-state index contributed by atoms with van der Waals surface area (Å²) in [4.78, 5) is 10.9. The predicted octanol–water partition coefficient (Wildman–Crippen LogP) is 0.429. The average Bonchev–Trinajstić information content (AvgIpc) is 2.86. The monoisotopic (exact) mass is 267 g/mol. The van der Waals surface area contributed by atoms with Crippen LogP contribution in [-0.2, 0) is 16.1 Å². The van der Waals surface area contributed by atoms with Gasteiger partial charge in [-0.2, -0.15) is 0 Å². The van der Waals surface area contributed by atoms with Crippen LogP contribution in [-0.4, -0.2) is 37.6 Å². The standard InChI is InChI=1S/C13H17NO5/c1-17-13(16)5-10(15)7-14-6-9-2-3-11-12(4-9)19-8-18-11/h2-4,10,14-15H,5-8H2,1H3. The van der Waals surface area contributed by atoms with Crippen LogP contribution in [0.4, 0.5) is 0 Å². The van der Waals surface area contributed by atoms with Crippen molar-refractivity contribution < 1.29 is 24.1 Å². The third-order valence-electron chi connectivity index (χ3n) is 2.78. The lowest BCUT2D eigenvalue weighted by molar-refractivity contribution is -0.142. The first-order chi connectivity index (χ1) is 9.19. The summed E-state index contributed by atoms with van der Waals surface area (Å²) in [5.41, 5.74) is 1.02. The quantitative estimate of drug-likeness (QED) is 0.728. The summed E-state index contributed by atoms with van der Waals surface area (Å²) in [6.45, 7) is 1.16. The summed E-state index contributed by atoms with van der Waals surface area (Å²) in [5, 5.41) is 12.6. The van der Waals surface area contributed by atoms with Gasteiger partial charge < -0.3 is 24.6 Å². The number of hydrogen-bond acceptors (Lipinski definition) is 6. The molecule has 1 aromatic carbocycles. The molecule has 1 atom stereocenters. The summed E-state index contributed by atoms with van der Waals surface area (Å²) >= 11 is 0. The maximum absolute atomic E-state index is 10.9. The van der Waals surface area contributed by atoms with Crippen molar-refractivity contribution in [2.75, 3.05) is 20.4 Å². The minimum Gasteiger partial charge on any atom is -0.469 e. The fraction of sp³-hybridized carbons (Fsp3) is 0.462. The summed E-state index contributed by atoms with van der Waals surface area (Å²) in [5.74, 6) is 1.06. The molecule has 1 aliphatic heterocycles. The summed E-state index contributed by atoms with van der Waals surface area (Å²) < 4.78 is 15.0. The number of ether oxygens (including phenoxy) is 3. The second-order valence-corrected chi connectivity index (χ2v) is 4.25. The number of hydrogen-bond donors (Lipinski definition) is 2. The normalized spacial score (nSPS) is 14.2. The molecular formula is C13H17NO5. The number of carbonyl (C=O) groups excluding carboxylic acids is 1. The van der Waals surface area contributed by atoms with Gasteiger partial charge in [0.15, 0.2) is 11.5 Å². The lowest BCUT2D eigenvalue weighted by Crippen LogP contribution is -2.28. The largest absolute Gasteiger partial charge is 0.469 e. The van der Waals surface area contributed by atoms with Crippen molar-refractivity contribution in [3.8, 4) is 11.5 Å². The number of benzene rings is 1. The lowest BCUT2D eigenvalue weighted by Gasteiger charge is -2.10. The topological polar surface area (TPSA) is 77.0 Å². The van der Waals surface area contributed by atoms with E-state index in [9.17, 15) is 9.90 Å². The van der Waals surface area contributed by atoms with E-state index >= 15 is 0 Å². The van der Waals surface area contributed by atoms with E-state index in [1.54, 1.807) is 0 Å². The highest BCUT2D eigenvalue weighted by Crippen LogP contribution is 2.32. The highest BCUT2D eigenvalue weighted by atomic mass is 16.7. The molecule has 0 bridgehead atoms. The Hall–Kier alpha value is -1.79. The molecule has 19 heavy (non-hydrogen) atoms. The van der Waals surface area contributed by atoms with Gasteiger partial charge in [-0.15, -0.1) is 0 Å². The second-order valence-electron chi connectivity index (χ2n) is 4.25. The fourth-order valence-electron chi connectivity index (χ4n) is 1.78. The van der Waals surface area contributed by atoms with E-state index in [4.69, 9.17) is 9.47 Å². The molecule has 0 radical (unpaired) electrons. The molecule has 0 saturated heterocycles. The van der Waals surface area contributed by atoms with Crippen LogP contribution in [0.2, 0.25) is 0 Å². The molecule has 104 valence electrons. The van der Waals surface area contributed by atoms with Gasteiger partial charge in [-0.05, 0) is 17.7 Å². The molecule has 0 fully saturated rings. The van der Waals surface area contributed by atoms with Gasteiger partial charge in [-0.25, -0.2) is 0 Å². The summed E-state index contributed by atoms with van der Waals surface area (Å²) in [6.07, 6.45) is -0.758. The molecule has 0 aliphatic carbocycles. The van der Waals surface area contributed by atoms with E-state index in [2.05, 4.69) is 10.1 Å². The fourth-order valence-corrected chi connectivity index (χ4v) is 1.78. The SMILES string of the molecule is COC(=O)CC(O)CNCc1ccc2c(c1)OCO2. The molecule has 1 heterocycles. The van der Waals surface area contributed by atoms with Crippen LogP contribution in [0.15, 0.2) is 18.2 Å². The Morgan fingerprint density at radius 2 is 2.26 bits per heavy atom. The summed E-state index contributed by atoms with van der Waals surface area (Å²) in [6, 6.07) is 5.67. The third-order valence-corrected chi connectivity index (χ3v) is 2.78. The van der Waals surface area contributed by atoms with Gasteiger partial charge in [0.2, 0.25) is 6.79 Å². The first-order valence-electron chi connectivity index (χ1n) is 6.03. The van der Waals surface area contributed by atoms with E-state index < -0.39 is 12.1 Å². The molecule has 2 N–H and O–H groups in total. The van der Waals surface area contributed by atoms with E-state index in [-0.39, 0.29) is 13.2 Å². The zero-order valence-electron chi connectivity index (χ0n) is 10.7. The van der Waals surface area contributed by atoms with Crippen LogP contribution in [0, 0.1) is 0 Å². The maximum atomic E-state index is 10.9. The number of rotatable bonds is 6. The molecule has 6 heteroatoms. The highest BCUT2D eigenvalue weighted by molar-refractivity contribution is 5.69. The number of aliphatic hydroxyl groups is 1. The Labute approximate surface area is 111 Å². The number of aliphatic hydroxyl groups excluding tert-OH is 1. The van der Waals surface area contributed by atoms with E-state index in [1.807, 2.05) is 18.2 Å². The van der Waals surface area contributed by atoms with E-state index in [0.717, 1.165) is 17.1 Å². The van der Waals surface area contributed by atoms with Gasteiger partial charge in [-0.1, -0.05) is 6.07 Å². The van der Waals surface area contributed by atoms with Crippen LogP contribution in [0.1, 0.15) is 12.0 Å². The van der Waals surface area contributed by atoms with Crippen molar-refractivity contribution in [3.63, 3.8) is 0 Å². The van der Waals surface area contributed by atoms with Gasteiger partial charge in [0, 0.05) is 13.1 Å². The van der Waals surface area contributed by atoms with Crippen molar-refractivity contribution >= 4 is 5.97 Å².